The van der Waals surface area contributed by atoms with E-state index in [1.807, 2.05) is 67.6 Å². The van der Waals surface area contributed by atoms with E-state index in [2.05, 4.69) is 10.5 Å². The zero-order valence-corrected chi connectivity index (χ0v) is 13.8. The van der Waals surface area contributed by atoms with Gasteiger partial charge in [0.2, 0.25) is 0 Å². The third-order valence-electron chi connectivity index (χ3n) is 3.47. The van der Waals surface area contributed by atoms with E-state index in [0.717, 1.165) is 16.9 Å². The number of aryl methyl sites for hydroxylation is 1. The van der Waals surface area contributed by atoms with E-state index >= 15 is 0 Å². The zero-order chi connectivity index (χ0) is 17.5. The summed E-state index contributed by atoms with van der Waals surface area (Å²) in [7, 11) is 0. The van der Waals surface area contributed by atoms with Crippen LogP contribution in [0.4, 0.5) is 0 Å². The van der Waals surface area contributed by atoms with Gasteiger partial charge in [0.1, 0.15) is 17.3 Å². The van der Waals surface area contributed by atoms with Gasteiger partial charge in [-0.3, -0.25) is 4.79 Å². The summed E-state index contributed by atoms with van der Waals surface area (Å²) in [5.41, 5.74) is 4.38. The van der Waals surface area contributed by atoms with Crippen LogP contribution in [0.1, 0.15) is 11.5 Å². The Bertz CT molecular complexity index is 869. The molecule has 5 nitrogen and oxygen atoms in total. The zero-order valence-electron chi connectivity index (χ0n) is 13.8. The van der Waals surface area contributed by atoms with E-state index in [1.165, 1.54) is 6.21 Å². The minimum Gasteiger partial charge on any atom is -0.483 e. The van der Waals surface area contributed by atoms with Gasteiger partial charge < -0.3 is 9.15 Å². The quantitative estimate of drug-likeness (QED) is 0.551. The number of ether oxygens (including phenoxy) is 1. The summed E-state index contributed by atoms with van der Waals surface area (Å²) in [6, 6.07) is 21.1. The van der Waals surface area contributed by atoms with Crippen molar-refractivity contribution < 1.29 is 13.9 Å². The number of para-hydroxylation sites is 1. The van der Waals surface area contributed by atoms with Crippen LogP contribution >= 0.6 is 0 Å². The van der Waals surface area contributed by atoms with Crippen LogP contribution in [0, 0.1) is 6.92 Å². The highest BCUT2D eigenvalue weighted by Gasteiger charge is 2.07. The van der Waals surface area contributed by atoms with Gasteiger partial charge in [-0.15, -0.1) is 0 Å². The van der Waals surface area contributed by atoms with Gasteiger partial charge in [0.05, 0.1) is 6.21 Å². The van der Waals surface area contributed by atoms with Gasteiger partial charge in [0.15, 0.2) is 6.61 Å². The lowest BCUT2D eigenvalue weighted by Crippen LogP contribution is -2.24. The first-order chi connectivity index (χ1) is 12.2. The van der Waals surface area contributed by atoms with Gasteiger partial charge in [0.25, 0.3) is 5.91 Å². The highest BCUT2D eigenvalue weighted by Crippen LogP contribution is 2.29. The van der Waals surface area contributed by atoms with Crippen LogP contribution in [-0.2, 0) is 4.79 Å². The second-order valence-electron chi connectivity index (χ2n) is 5.39. The van der Waals surface area contributed by atoms with Gasteiger partial charge in [-0.2, -0.15) is 5.10 Å². The molecular formula is C20H18N2O3. The minimum absolute atomic E-state index is 0.127. The molecule has 2 aromatic carbocycles. The fraction of sp³-hybridized carbons (Fsp3) is 0.100. The van der Waals surface area contributed by atoms with E-state index in [9.17, 15) is 4.79 Å². The van der Waals surface area contributed by atoms with Crippen molar-refractivity contribution in [2.75, 3.05) is 6.61 Å². The Kier molecular flexibility index (Phi) is 5.26. The van der Waals surface area contributed by atoms with Crippen molar-refractivity contribution in [1.82, 2.24) is 5.43 Å². The lowest BCUT2D eigenvalue weighted by atomic mass is 10.1. The number of rotatable bonds is 6. The Morgan fingerprint density at radius 3 is 2.60 bits per heavy atom. The first-order valence-electron chi connectivity index (χ1n) is 7.88. The molecule has 0 unspecified atom stereocenters. The SMILES string of the molecule is Cc1ccc(/C=N/NC(=O)COc2ccccc2-c2ccccc2)o1. The molecule has 0 atom stereocenters. The Morgan fingerprint density at radius 2 is 1.84 bits per heavy atom. The second kappa shape index (κ2) is 7.97. The lowest BCUT2D eigenvalue weighted by Gasteiger charge is -2.10. The molecule has 1 aromatic heterocycles. The van der Waals surface area contributed by atoms with Crippen molar-refractivity contribution in [3.63, 3.8) is 0 Å². The molecule has 25 heavy (non-hydrogen) atoms. The summed E-state index contributed by atoms with van der Waals surface area (Å²) < 4.78 is 11.0. The molecule has 1 N–H and O–H groups in total. The average molecular weight is 334 g/mol. The molecule has 126 valence electrons. The van der Waals surface area contributed by atoms with Crippen LogP contribution < -0.4 is 10.2 Å². The summed E-state index contributed by atoms with van der Waals surface area (Å²) >= 11 is 0. The summed E-state index contributed by atoms with van der Waals surface area (Å²) in [6.07, 6.45) is 1.45. The average Bonchev–Trinajstić information content (AvgIpc) is 3.06. The molecule has 1 heterocycles. The number of nitrogens with one attached hydrogen (secondary N) is 1. The fourth-order valence-corrected chi connectivity index (χ4v) is 2.31. The fourth-order valence-electron chi connectivity index (χ4n) is 2.31. The summed E-state index contributed by atoms with van der Waals surface area (Å²) in [5, 5.41) is 3.85. The molecule has 0 saturated heterocycles. The first-order valence-corrected chi connectivity index (χ1v) is 7.88. The summed E-state index contributed by atoms with van der Waals surface area (Å²) in [6.45, 7) is 1.71. The number of hydrazone groups is 1. The maximum absolute atomic E-state index is 11.9. The van der Waals surface area contributed by atoms with Crippen molar-refractivity contribution in [1.29, 1.82) is 0 Å². The number of amides is 1. The van der Waals surface area contributed by atoms with Crippen molar-refractivity contribution >= 4 is 12.1 Å². The number of hydrogen-bond acceptors (Lipinski definition) is 4. The second-order valence-corrected chi connectivity index (χ2v) is 5.39. The molecule has 0 bridgehead atoms. The third kappa shape index (κ3) is 4.57. The number of carbonyl (C=O) groups is 1. The molecule has 0 aliphatic rings. The molecular weight excluding hydrogens is 316 g/mol. The van der Waals surface area contributed by atoms with E-state index < -0.39 is 0 Å². The smallest absolute Gasteiger partial charge is 0.277 e. The molecule has 3 aromatic rings. The highest BCUT2D eigenvalue weighted by atomic mass is 16.5. The largest absolute Gasteiger partial charge is 0.483 e. The topological polar surface area (TPSA) is 63.8 Å². The Balaban J connectivity index is 1.58. The van der Waals surface area contributed by atoms with Gasteiger partial charge in [0, 0.05) is 5.56 Å². The number of benzene rings is 2. The van der Waals surface area contributed by atoms with Gasteiger partial charge in [-0.05, 0) is 30.7 Å². The van der Waals surface area contributed by atoms with Crippen LogP contribution in [0.25, 0.3) is 11.1 Å². The number of nitrogens with zero attached hydrogens (tertiary/aromatic N) is 1. The van der Waals surface area contributed by atoms with Gasteiger partial charge in [-0.25, -0.2) is 5.43 Å². The number of hydrogen-bond donors (Lipinski definition) is 1. The molecule has 0 aliphatic heterocycles. The van der Waals surface area contributed by atoms with Gasteiger partial charge in [-0.1, -0.05) is 48.5 Å². The van der Waals surface area contributed by atoms with Crippen LogP contribution in [0.3, 0.4) is 0 Å². The summed E-state index contributed by atoms with van der Waals surface area (Å²) in [4.78, 5) is 11.9. The van der Waals surface area contributed by atoms with Crippen molar-refractivity contribution in [2.24, 2.45) is 5.10 Å². The molecule has 5 heteroatoms. The molecule has 0 aliphatic carbocycles. The summed E-state index contributed by atoms with van der Waals surface area (Å²) in [5.74, 6) is 1.67. The monoisotopic (exact) mass is 334 g/mol. The van der Waals surface area contributed by atoms with Crippen LogP contribution in [0.5, 0.6) is 5.75 Å². The van der Waals surface area contributed by atoms with Crippen molar-refractivity contribution in [2.45, 2.75) is 6.92 Å². The van der Waals surface area contributed by atoms with Crippen LogP contribution in [-0.4, -0.2) is 18.7 Å². The van der Waals surface area contributed by atoms with E-state index in [-0.39, 0.29) is 12.5 Å². The Hall–Kier alpha value is -3.34. The minimum atomic E-state index is -0.345. The van der Waals surface area contributed by atoms with Gasteiger partial charge >= 0.3 is 0 Å². The normalized spacial score (nSPS) is 10.8. The Labute approximate surface area is 145 Å². The molecule has 1 amide bonds. The van der Waals surface area contributed by atoms with Crippen molar-refractivity contribution in [3.05, 3.63) is 78.3 Å². The third-order valence-corrected chi connectivity index (χ3v) is 3.47. The lowest BCUT2D eigenvalue weighted by molar-refractivity contribution is -0.123. The first kappa shape index (κ1) is 16.5. The Morgan fingerprint density at radius 1 is 1.08 bits per heavy atom. The molecule has 0 saturated carbocycles. The van der Waals surface area contributed by atoms with E-state index in [0.29, 0.717) is 11.5 Å². The highest BCUT2D eigenvalue weighted by molar-refractivity contribution is 5.81. The predicted molar refractivity (Wildman–Crippen MR) is 96.6 cm³/mol. The molecule has 0 radical (unpaired) electrons. The molecule has 0 fully saturated rings. The van der Waals surface area contributed by atoms with Crippen LogP contribution in [0.2, 0.25) is 0 Å². The van der Waals surface area contributed by atoms with Crippen LogP contribution in [0.15, 0.2) is 76.2 Å². The maximum atomic E-state index is 11.9. The molecule has 0 spiro atoms. The number of furan rings is 1. The van der Waals surface area contributed by atoms with E-state index in [1.54, 1.807) is 6.07 Å². The van der Waals surface area contributed by atoms with Crippen molar-refractivity contribution in [3.8, 4) is 16.9 Å². The predicted octanol–water partition coefficient (Wildman–Crippen LogP) is 3.78. The van der Waals surface area contributed by atoms with E-state index in [4.69, 9.17) is 9.15 Å². The molecule has 3 rings (SSSR count). The maximum Gasteiger partial charge on any atom is 0.277 e. The standard InChI is InChI=1S/C20H18N2O3/c1-15-11-12-17(25-15)13-21-22-20(23)14-24-19-10-6-5-9-18(19)16-7-3-2-4-8-16/h2-13H,14H2,1H3,(H,22,23)/b21-13+. The number of carbonyl (C=O) groups excluding carboxylic acids is 1.